The fourth-order valence-corrected chi connectivity index (χ4v) is 2.07. The van der Waals surface area contributed by atoms with Crippen molar-refractivity contribution in [3.8, 4) is 0 Å². The van der Waals surface area contributed by atoms with Crippen molar-refractivity contribution in [1.82, 2.24) is 4.37 Å². The van der Waals surface area contributed by atoms with Crippen LogP contribution in [0.3, 0.4) is 0 Å². The Labute approximate surface area is 93.8 Å². The fraction of sp³-hybridized carbons (Fsp3) is 0.600. The number of aryl methyl sites for hydroxylation is 1. The second-order valence-electron chi connectivity index (χ2n) is 3.46. The Morgan fingerprint density at radius 1 is 1.67 bits per heavy atom. The third kappa shape index (κ3) is 3.00. The third-order valence-electron chi connectivity index (χ3n) is 2.17. The minimum atomic E-state index is 0.0498. The van der Waals surface area contributed by atoms with Gasteiger partial charge in [0.25, 0.3) is 0 Å². The lowest BCUT2D eigenvalue weighted by Crippen LogP contribution is -2.18. The van der Waals surface area contributed by atoms with Crippen molar-refractivity contribution in [3.63, 3.8) is 0 Å². The number of Topliss-reactive ketones (excluding diaryl/α,β-unsaturated/α-hetero) is 1. The predicted molar refractivity (Wildman–Crippen MR) is 61.8 cm³/mol. The van der Waals surface area contributed by atoms with Crippen LogP contribution in [-0.2, 0) is 4.74 Å². The summed E-state index contributed by atoms with van der Waals surface area (Å²) in [5.41, 5.74) is 1.49. The first-order valence-corrected chi connectivity index (χ1v) is 5.57. The van der Waals surface area contributed by atoms with Gasteiger partial charge in [-0.3, -0.25) is 4.79 Å². The summed E-state index contributed by atoms with van der Waals surface area (Å²) >= 11 is 1.32. The lowest BCUT2D eigenvalue weighted by molar-refractivity contribution is 0.101. The Balaban J connectivity index is 2.73. The molecule has 0 radical (unpaired) electrons. The standard InChI is InChI=1S/C10H16N2O2S/c1-6(14-4)5-11-10-9(8(3)13)7(2)12-15-10/h6,11H,5H2,1-4H3. The zero-order chi connectivity index (χ0) is 11.4. The Morgan fingerprint density at radius 2 is 2.33 bits per heavy atom. The maximum atomic E-state index is 11.4. The minimum Gasteiger partial charge on any atom is -0.380 e. The average Bonchev–Trinajstić information content (AvgIpc) is 2.56. The van der Waals surface area contributed by atoms with Crippen LogP contribution in [0.5, 0.6) is 0 Å². The normalized spacial score (nSPS) is 12.5. The summed E-state index contributed by atoms with van der Waals surface area (Å²) in [6.45, 7) is 6.05. The van der Waals surface area contributed by atoms with Gasteiger partial charge in [-0.1, -0.05) is 0 Å². The van der Waals surface area contributed by atoms with Crippen LogP contribution in [0.15, 0.2) is 0 Å². The fourth-order valence-electron chi connectivity index (χ4n) is 1.22. The number of anilines is 1. The molecular weight excluding hydrogens is 212 g/mol. The summed E-state index contributed by atoms with van der Waals surface area (Å²) in [6, 6.07) is 0. The van der Waals surface area contributed by atoms with Crippen molar-refractivity contribution in [2.75, 3.05) is 19.0 Å². The molecule has 15 heavy (non-hydrogen) atoms. The van der Waals surface area contributed by atoms with Crippen LogP contribution in [0, 0.1) is 6.92 Å². The van der Waals surface area contributed by atoms with Crippen molar-refractivity contribution in [2.24, 2.45) is 0 Å². The van der Waals surface area contributed by atoms with Crippen LogP contribution in [-0.4, -0.2) is 29.9 Å². The number of carbonyl (C=O) groups is 1. The lowest BCUT2D eigenvalue weighted by Gasteiger charge is -2.10. The molecule has 0 bridgehead atoms. The molecule has 1 atom stereocenters. The molecule has 0 aliphatic heterocycles. The molecule has 1 heterocycles. The number of hydrogen-bond acceptors (Lipinski definition) is 5. The van der Waals surface area contributed by atoms with Crippen molar-refractivity contribution in [3.05, 3.63) is 11.3 Å². The van der Waals surface area contributed by atoms with E-state index in [1.807, 2.05) is 13.8 Å². The first-order valence-electron chi connectivity index (χ1n) is 4.80. The van der Waals surface area contributed by atoms with Gasteiger partial charge in [0.2, 0.25) is 0 Å². The largest absolute Gasteiger partial charge is 0.380 e. The van der Waals surface area contributed by atoms with Crippen LogP contribution < -0.4 is 5.32 Å². The molecular formula is C10H16N2O2S. The summed E-state index contributed by atoms with van der Waals surface area (Å²) in [7, 11) is 1.66. The Morgan fingerprint density at radius 3 is 2.87 bits per heavy atom. The molecule has 0 aliphatic carbocycles. The quantitative estimate of drug-likeness (QED) is 0.784. The lowest BCUT2D eigenvalue weighted by atomic mass is 10.2. The summed E-state index contributed by atoms with van der Waals surface area (Å²) in [4.78, 5) is 11.4. The van der Waals surface area contributed by atoms with Crippen LogP contribution in [0.2, 0.25) is 0 Å². The average molecular weight is 228 g/mol. The smallest absolute Gasteiger partial charge is 0.164 e. The highest BCUT2D eigenvalue weighted by atomic mass is 32.1. The summed E-state index contributed by atoms with van der Waals surface area (Å²) in [5.74, 6) is 0.0498. The van der Waals surface area contributed by atoms with E-state index in [0.717, 1.165) is 10.7 Å². The van der Waals surface area contributed by atoms with Gasteiger partial charge in [0, 0.05) is 13.7 Å². The van der Waals surface area contributed by atoms with Gasteiger partial charge in [0.15, 0.2) is 5.78 Å². The molecule has 5 heteroatoms. The number of hydrogen-bond donors (Lipinski definition) is 1. The maximum absolute atomic E-state index is 11.4. The van der Waals surface area contributed by atoms with E-state index < -0.39 is 0 Å². The zero-order valence-corrected chi connectivity index (χ0v) is 10.3. The van der Waals surface area contributed by atoms with E-state index in [4.69, 9.17) is 4.74 Å². The van der Waals surface area contributed by atoms with Gasteiger partial charge in [-0.25, -0.2) is 0 Å². The molecule has 0 fully saturated rings. The number of rotatable bonds is 5. The summed E-state index contributed by atoms with van der Waals surface area (Å²) in [6.07, 6.45) is 0.118. The second kappa shape index (κ2) is 5.23. The second-order valence-corrected chi connectivity index (χ2v) is 4.23. The molecule has 4 nitrogen and oxygen atoms in total. The predicted octanol–water partition coefficient (Wildman–Crippen LogP) is 2.10. The van der Waals surface area contributed by atoms with Crippen molar-refractivity contribution < 1.29 is 9.53 Å². The van der Waals surface area contributed by atoms with Gasteiger partial charge in [-0.15, -0.1) is 0 Å². The number of ether oxygens (including phenoxy) is 1. The van der Waals surface area contributed by atoms with E-state index in [9.17, 15) is 4.79 Å². The first-order chi connectivity index (χ1) is 7.06. The van der Waals surface area contributed by atoms with Crippen LogP contribution in [0.4, 0.5) is 5.00 Å². The molecule has 0 aliphatic rings. The molecule has 1 N–H and O–H groups in total. The Kier molecular flexibility index (Phi) is 4.23. The highest BCUT2D eigenvalue weighted by Crippen LogP contribution is 2.24. The summed E-state index contributed by atoms with van der Waals surface area (Å²) in [5, 5.41) is 4.01. The van der Waals surface area contributed by atoms with Crippen molar-refractivity contribution in [2.45, 2.75) is 26.9 Å². The number of methoxy groups -OCH3 is 1. The molecule has 0 saturated carbocycles. The van der Waals surface area contributed by atoms with Crippen LogP contribution in [0.1, 0.15) is 29.9 Å². The molecule has 0 saturated heterocycles. The minimum absolute atomic E-state index is 0.0498. The van der Waals surface area contributed by atoms with E-state index in [1.165, 1.54) is 11.5 Å². The molecule has 84 valence electrons. The van der Waals surface area contributed by atoms with E-state index in [-0.39, 0.29) is 11.9 Å². The molecule has 0 aromatic carbocycles. The highest BCUT2D eigenvalue weighted by Gasteiger charge is 2.14. The number of carbonyl (C=O) groups excluding carboxylic acids is 1. The van der Waals surface area contributed by atoms with Gasteiger partial charge in [0.1, 0.15) is 5.00 Å². The van der Waals surface area contributed by atoms with Gasteiger partial charge in [0.05, 0.1) is 17.4 Å². The number of aromatic nitrogens is 1. The highest BCUT2D eigenvalue weighted by molar-refractivity contribution is 7.10. The molecule has 0 spiro atoms. The SMILES string of the molecule is COC(C)CNc1snc(C)c1C(C)=O. The van der Waals surface area contributed by atoms with Gasteiger partial charge >= 0.3 is 0 Å². The summed E-state index contributed by atoms with van der Waals surface area (Å²) < 4.78 is 9.27. The van der Waals surface area contributed by atoms with Crippen LogP contribution in [0.25, 0.3) is 0 Å². The van der Waals surface area contributed by atoms with Gasteiger partial charge in [-0.05, 0) is 32.3 Å². The van der Waals surface area contributed by atoms with Crippen molar-refractivity contribution >= 4 is 22.3 Å². The Bertz CT molecular complexity index is 349. The maximum Gasteiger partial charge on any atom is 0.164 e. The topological polar surface area (TPSA) is 51.2 Å². The first kappa shape index (κ1) is 12.1. The number of nitrogens with one attached hydrogen (secondary N) is 1. The zero-order valence-electron chi connectivity index (χ0n) is 9.46. The van der Waals surface area contributed by atoms with Gasteiger partial charge < -0.3 is 10.1 Å². The molecule has 1 aromatic rings. The molecule has 1 rings (SSSR count). The van der Waals surface area contributed by atoms with E-state index >= 15 is 0 Å². The van der Waals surface area contributed by atoms with Crippen LogP contribution >= 0.6 is 11.5 Å². The molecule has 1 aromatic heterocycles. The number of ketones is 1. The van der Waals surface area contributed by atoms with Gasteiger partial charge in [-0.2, -0.15) is 4.37 Å². The van der Waals surface area contributed by atoms with E-state index in [2.05, 4.69) is 9.69 Å². The third-order valence-corrected chi connectivity index (χ3v) is 3.06. The molecule has 1 unspecified atom stereocenters. The van der Waals surface area contributed by atoms with E-state index in [1.54, 1.807) is 14.0 Å². The van der Waals surface area contributed by atoms with Crippen molar-refractivity contribution in [1.29, 1.82) is 0 Å². The molecule has 0 amide bonds. The van der Waals surface area contributed by atoms with E-state index in [0.29, 0.717) is 12.1 Å². The monoisotopic (exact) mass is 228 g/mol. The Hall–Kier alpha value is -0.940. The number of nitrogens with zero attached hydrogens (tertiary/aromatic N) is 1.